The molecule has 0 unspecified atom stereocenters. The van der Waals surface area contributed by atoms with Gasteiger partial charge in [0, 0.05) is 17.2 Å². The van der Waals surface area contributed by atoms with Gasteiger partial charge in [0.1, 0.15) is 0 Å². The molecule has 1 aromatic carbocycles. The molecule has 1 aliphatic heterocycles. The Balaban J connectivity index is 2.12. The van der Waals surface area contributed by atoms with Gasteiger partial charge in [-0.3, -0.25) is 4.79 Å². The van der Waals surface area contributed by atoms with Crippen molar-refractivity contribution in [3.8, 4) is 0 Å². The summed E-state index contributed by atoms with van der Waals surface area (Å²) in [6.07, 6.45) is 0.712. The fourth-order valence-corrected chi connectivity index (χ4v) is 2.85. The molecule has 1 fully saturated rings. The van der Waals surface area contributed by atoms with Crippen molar-refractivity contribution in [3.05, 3.63) is 45.9 Å². The second-order valence-corrected chi connectivity index (χ2v) is 5.17. The van der Waals surface area contributed by atoms with E-state index in [2.05, 4.69) is 9.97 Å². The van der Waals surface area contributed by atoms with Gasteiger partial charge in [-0.25, -0.2) is 9.38 Å². The van der Waals surface area contributed by atoms with Crippen molar-refractivity contribution >= 4 is 16.8 Å². The van der Waals surface area contributed by atoms with Crippen molar-refractivity contribution in [2.45, 2.75) is 19.3 Å². The predicted octanol–water partition coefficient (Wildman–Crippen LogP) is 1.85. The highest BCUT2D eigenvalue weighted by molar-refractivity contribution is 5.79. The van der Waals surface area contributed by atoms with E-state index in [1.807, 2.05) is 31.2 Å². The summed E-state index contributed by atoms with van der Waals surface area (Å²) in [5.74, 6) is 0.915. The second kappa shape index (κ2) is 4.18. The van der Waals surface area contributed by atoms with Crippen LogP contribution >= 0.6 is 0 Å². The minimum atomic E-state index is 0.0388. The molecule has 5 nitrogen and oxygen atoms in total. The normalized spacial score (nSPS) is 15.8. The molecule has 102 valence electrons. The molecule has 0 radical (unpaired) electrons. The van der Waals surface area contributed by atoms with E-state index in [0.29, 0.717) is 31.3 Å². The number of fused-ring (bicyclic) bond motifs is 3. The lowest BCUT2D eigenvalue weighted by Gasteiger charge is -2.27. The van der Waals surface area contributed by atoms with Crippen LogP contribution in [0.5, 0.6) is 0 Å². The number of hydrogen-bond donors (Lipinski definition) is 1. The van der Waals surface area contributed by atoms with Crippen LogP contribution in [0.15, 0.2) is 29.1 Å². The van der Waals surface area contributed by atoms with E-state index < -0.39 is 0 Å². The van der Waals surface area contributed by atoms with Gasteiger partial charge < -0.3 is 9.72 Å². The summed E-state index contributed by atoms with van der Waals surface area (Å²) in [4.78, 5) is 20.6. The molecule has 3 heterocycles. The lowest BCUT2D eigenvalue weighted by atomic mass is 9.98. The molecule has 1 saturated heterocycles. The highest BCUT2D eigenvalue weighted by Gasteiger charge is 2.26. The fraction of sp³-hybridized carbons (Fsp3) is 0.333. The Bertz CT molecular complexity index is 859. The number of ether oxygens (including phenoxy) is 1. The van der Waals surface area contributed by atoms with E-state index in [1.165, 1.54) is 0 Å². The average molecular weight is 269 g/mol. The number of aromatic amines is 1. The van der Waals surface area contributed by atoms with E-state index in [1.54, 1.807) is 4.40 Å². The van der Waals surface area contributed by atoms with Gasteiger partial charge in [-0.05, 0) is 18.6 Å². The lowest BCUT2D eigenvalue weighted by Crippen LogP contribution is -2.31. The molecule has 0 atom stereocenters. The number of benzene rings is 1. The highest BCUT2D eigenvalue weighted by atomic mass is 16.5. The Morgan fingerprint density at radius 3 is 2.90 bits per heavy atom. The third-order valence-electron chi connectivity index (χ3n) is 3.99. The molecule has 0 aliphatic carbocycles. The summed E-state index contributed by atoms with van der Waals surface area (Å²) in [6.45, 7) is 3.37. The fourth-order valence-electron chi connectivity index (χ4n) is 2.85. The minimum Gasteiger partial charge on any atom is -0.380 e. The van der Waals surface area contributed by atoms with E-state index in [0.717, 1.165) is 22.3 Å². The molecule has 0 bridgehead atoms. The first-order chi connectivity index (χ1) is 9.79. The summed E-state index contributed by atoms with van der Waals surface area (Å²) in [5, 5.41) is 0. The van der Waals surface area contributed by atoms with Crippen molar-refractivity contribution in [1.29, 1.82) is 0 Å². The Kier molecular flexibility index (Phi) is 2.44. The molecular formula is C15H15N3O2. The summed E-state index contributed by atoms with van der Waals surface area (Å²) >= 11 is 0. The number of para-hydroxylation sites is 2. The van der Waals surface area contributed by atoms with Crippen LogP contribution in [0.25, 0.3) is 16.8 Å². The van der Waals surface area contributed by atoms with Gasteiger partial charge in [0.05, 0.1) is 24.2 Å². The molecule has 1 aliphatic rings. The molecule has 1 N–H and O–H groups in total. The smallest absolute Gasteiger partial charge is 0.262 e. The zero-order chi connectivity index (χ0) is 13.7. The SMILES string of the molecule is CCc1c(C2COC2)[nH]c2nc3ccccc3n2c1=O. The van der Waals surface area contributed by atoms with Crippen LogP contribution in [0, 0.1) is 0 Å². The summed E-state index contributed by atoms with van der Waals surface area (Å²) < 4.78 is 6.93. The number of imidazole rings is 1. The van der Waals surface area contributed by atoms with Gasteiger partial charge in [-0.1, -0.05) is 19.1 Å². The maximum Gasteiger partial charge on any atom is 0.262 e. The van der Waals surface area contributed by atoms with Crippen LogP contribution in [-0.2, 0) is 11.2 Å². The zero-order valence-corrected chi connectivity index (χ0v) is 11.2. The topological polar surface area (TPSA) is 59.4 Å². The van der Waals surface area contributed by atoms with Crippen LogP contribution in [0.3, 0.4) is 0 Å². The third kappa shape index (κ3) is 1.47. The second-order valence-electron chi connectivity index (χ2n) is 5.17. The molecule has 20 heavy (non-hydrogen) atoms. The van der Waals surface area contributed by atoms with E-state index >= 15 is 0 Å². The van der Waals surface area contributed by atoms with Gasteiger partial charge in [0.2, 0.25) is 5.78 Å². The first kappa shape index (κ1) is 11.7. The molecule has 0 spiro atoms. The first-order valence-electron chi connectivity index (χ1n) is 6.89. The average Bonchev–Trinajstić information content (AvgIpc) is 2.75. The van der Waals surface area contributed by atoms with Crippen LogP contribution in [0.2, 0.25) is 0 Å². The first-order valence-corrected chi connectivity index (χ1v) is 6.89. The lowest BCUT2D eigenvalue weighted by molar-refractivity contribution is 0.00635. The maximum atomic E-state index is 12.8. The van der Waals surface area contributed by atoms with Gasteiger partial charge in [0.15, 0.2) is 0 Å². The van der Waals surface area contributed by atoms with Gasteiger partial charge in [-0.15, -0.1) is 0 Å². The van der Waals surface area contributed by atoms with Crippen LogP contribution < -0.4 is 5.56 Å². The van der Waals surface area contributed by atoms with Gasteiger partial charge >= 0.3 is 0 Å². The summed E-state index contributed by atoms with van der Waals surface area (Å²) in [6, 6.07) is 7.71. The van der Waals surface area contributed by atoms with Crippen molar-refractivity contribution in [3.63, 3.8) is 0 Å². The van der Waals surface area contributed by atoms with Crippen molar-refractivity contribution < 1.29 is 4.74 Å². The summed E-state index contributed by atoms with van der Waals surface area (Å²) in [5.41, 5.74) is 3.57. The molecule has 3 aromatic rings. The van der Waals surface area contributed by atoms with Crippen molar-refractivity contribution in [1.82, 2.24) is 14.4 Å². The highest BCUT2D eigenvalue weighted by Crippen LogP contribution is 2.25. The maximum absolute atomic E-state index is 12.8. The van der Waals surface area contributed by atoms with E-state index in [4.69, 9.17) is 4.74 Å². The van der Waals surface area contributed by atoms with Crippen LogP contribution in [-0.4, -0.2) is 27.6 Å². The predicted molar refractivity (Wildman–Crippen MR) is 76.3 cm³/mol. The minimum absolute atomic E-state index is 0.0388. The van der Waals surface area contributed by atoms with E-state index in [-0.39, 0.29) is 5.56 Å². The Morgan fingerprint density at radius 2 is 2.20 bits per heavy atom. The molecule has 0 amide bonds. The summed E-state index contributed by atoms with van der Waals surface area (Å²) in [7, 11) is 0. The standard InChI is InChI=1S/C15H15N3O2/c1-2-10-13(9-7-20-8-9)17-15-16-11-5-3-4-6-12(11)18(15)14(10)19/h3-6,9H,2,7-8H2,1H3,(H,16,17). The number of aromatic nitrogens is 3. The number of rotatable bonds is 2. The molecule has 5 heteroatoms. The van der Waals surface area contributed by atoms with Crippen LogP contribution in [0.1, 0.15) is 24.1 Å². The number of nitrogens with zero attached hydrogens (tertiary/aromatic N) is 2. The van der Waals surface area contributed by atoms with Gasteiger partial charge in [0.25, 0.3) is 5.56 Å². The van der Waals surface area contributed by atoms with Crippen molar-refractivity contribution in [2.75, 3.05) is 13.2 Å². The van der Waals surface area contributed by atoms with Crippen LogP contribution in [0.4, 0.5) is 0 Å². The third-order valence-corrected chi connectivity index (χ3v) is 3.99. The number of H-pyrrole nitrogens is 1. The number of hydrogen-bond acceptors (Lipinski definition) is 3. The molecule has 2 aromatic heterocycles. The van der Waals surface area contributed by atoms with Gasteiger partial charge in [-0.2, -0.15) is 0 Å². The zero-order valence-electron chi connectivity index (χ0n) is 11.2. The molecule has 0 saturated carbocycles. The Morgan fingerprint density at radius 1 is 1.40 bits per heavy atom. The van der Waals surface area contributed by atoms with E-state index in [9.17, 15) is 4.79 Å². The monoisotopic (exact) mass is 269 g/mol. The quantitative estimate of drug-likeness (QED) is 0.772. The molecule has 4 rings (SSSR count). The molecular weight excluding hydrogens is 254 g/mol. The largest absolute Gasteiger partial charge is 0.380 e. The Hall–Kier alpha value is -2.14. The number of nitrogens with one attached hydrogen (secondary N) is 1. The Labute approximate surface area is 115 Å². The van der Waals surface area contributed by atoms with Crippen molar-refractivity contribution in [2.24, 2.45) is 0 Å².